The fourth-order valence-corrected chi connectivity index (χ4v) is 2.96. The molecule has 0 unspecified atom stereocenters. The van der Waals surface area contributed by atoms with E-state index < -0.39 is 0 Å². The van der Waals surface area contributed by atoms with Crippen LogP contribution in [0, 0.1) is 6.92 Å². The Morgan fingerprint density at radius 2 is 2.04 bits per heavy atom. The van der Waals surface area contributed by atoms with Gasteiger partial charge in [0, 0.05) is 41.6 Å². The van der Waals surface area contributed by atoms with Crippen LogP contribution in [0.2, 0.25) is 5.02 Å². The lowest BCUT2D eigenvalue weighted by molar-refractivity contribution is 0.367. The molecule has 5 nitrogen and oxygen atoms in total. The molecule has 0 spiro atoms. The summed E-state index contributed by atoms with van der Waals surface area (Å²) in [6, 6.07) is 7.40. The van der Waals surface area contributed by atoms with Crippen LogP contribution in [0.25, 0.3) is 11.3 Å². The number of rotatable bonds is 5. The first-order valence-corrected chi connectivity index (χ1v) is 7.78. The second-order valence-corrected chi connectivity index (χ2v) is 5.90. The lowest BCUT2D eigenvalue weighted by atomic mass is 10.1. The first-order valence-electron chi connectivity index (χ1n) is 7.40. The van der Waals surface area contributed by atoms with Crippen molar-refractivity contribution in [2.45, 2.75) is 26.4 Å². The van der Waals surface area contributed by atoms with Crippen LogP contribution in [0.5, 0.6) is 11.6 Å². The van der Waals surface area contributed by atoms with Gasteiger partial charge >= 0.3 is 0 Å². The predicted molar refractivity (Wildman–Crippen MR) is 89.8 cm³/mol. The molecule has 1 aromatic carbocycles. The summed E-state index contributed by atoms with van der Waals surface area (Å²) in [6.45, 7) is 3.15. The number of halogens is 1. The van der Waals surface area contributed by atoms with Crippen molar-refractivity contribution in [2.75, 3.05) is 0 Å². The number of hydrogen-bond acceptors (Lipinski definition) is 3. The Kier molecular flexibility index (Phi) is 4.30. The van der Waals surface area contributed by atoms with Crippen molar-refractivity contribution >= 4 is 11.6 Å². The van der Waals surface area contributed by atoms with E-state index in [1.54, 1.807) is 30.1 Å². The van der Waals surface area contributed by atoms with Crippen LogP contribution in [0.3, 0.4) is 0 Å². The highest BCUT2D eigenvalue weighted by atomic mass is 35.5. The molecule has 0 saturated heterocycles. The predicted octanol–water partition coefficient (Wildman–Crippen LogP) is 3.81. The molecule has 6 heteroatoms. The molecule has 0 aliphatic carbocycles. The van der Waals surface area contributed by atoms with Gasteiger partial charge in [-0.15, -0.1) is 0 Å². The van der Waals surface area contributed by atoms with Gasteiger partial charge in [0.1, 0.15) is 0 Å². The molecule has 0 bridgehead atoms. The van der Waals surface area contributed by atoms with E-state index >= 15 is 0 Å². The quantitative estimate of drug-likeness (QED) is 0.747. The Bertz CT molecular complexity index is 810. The topological polar surface area (TPSA) is 63.2 Å². The maximum Gasteiger partial charge on any atom is 0.235 e. The van der Waals surface area contributed by atoms with Crippen LogP contribution >= 0.6 is 11.6 Å². The zero-order chi connectivity index (χ0) is 16.4. The van der Waals surface area contributed by atoms with Crippen molar-refractivity contribution in [3.8, 4) is 22.9 Å². The van der Waals surface area contributed by atoms with Gasteiger partial charge in [0.05, 0.1) is 12.0 Å². The number of benzene rings is 1. The Labute approximate surface area is 139 Å². The van der Waals surface area contributed by atoms with Crippen LogP contribution in [-0.2, 0) is 13.1 Å². The van der Waals surface area contributed by atoms with E-state index in [0.29, 0.717) is 17.1 Å². The third-order valence-corrected chi connectivity index (χ3v) is 4.14. The third-order valence-electron chi connectivity index (χ3n) is 3.90. The van der Waals surface area contributed by atoms with E-state index in [2.05, 4.69) is 4.98 Å². The standard InChI is InChI=1S/C17H18ClN3O2/c1-12-15(13-4-2-5-14(18)10-13)21(17(23)16(12)22)8-3-7-20-9-6-19-11-20/h2,4-6,9-11,22-23H,3,7-8H2,1H3. The van der Waals surface area contributed by atoms with Crippen LogP contribution in [0.1, 0.15) is 12.0 Å². The first-order chi connectivity index (χ1) is 11.1. The Morgan fingerprint density at radius 3 is 2.74 bits per heavy atom. The van der Waals surface area contributed by atoms with Crippen LogP contribution in [-0.4, -0.2) is 24.3 Å². The first kappa shape index (κ1) is 15.5. The van der Waals surface area contributed by atoms with Gasteiger partial charge in [0.25, 0.3) is 0 Å². The number of hydrogen-bond donors (Lipinski definition) is 2. The Balaban J connectivity index is 1.91. The molecule has 2 heterocycles. The summed E-state index contributed by atoms with van der Waals surface area (Å²) < 4.78 is 3.71. The molecule has 0 aliphatic heterocycles. The van der Waals surface area contributed by atoms with Gasteiger partial charge < -0.3 is 19.3 Å². The Hall–Kier alpha value is -2.40. The van der Waals surface area contributed by atoms with Crippen LogP contribution in [0.4, 0.5) is 0 Å². The lowest BCUT2D eigenvalue weighted by Crippen LogP contribution is -2.04. The Morgan fingerprint density at radius 1 is 1.22 bits per heavy atom. The van der Waals surface area contributed by atoms with Crippen molar-refractivity contribution in [3.63, 3.8) is 0 Å². The summed E-state index contributed by atoms with van der Waals surface area (Å²) in [5, 5.41) is 21.0. The van der Waals surface area contributed by atoms with E-state index in [9.17, 15) is 10.2 Å². The minimum Gasteiger partial charge on any atom is -0.503 e. The molecular formula is C17H18ClN3O2. The minimum absolute atomic E-state index is 0.0809. The van der Waals surface area contributed by atoms with Crippen molar-refractivity contribution in [1.29, 1.82) is 0 Å². The highest BCUT2D eigenvalue weighted by molar-refractivity contribution is 6.30. The second kappa shape index (κ2) is 6.38. The summed E-state index contributed by atoms with van der Waals surface area (Å²) >= 11 is 6.07. The minimum atomic E-state index is -0.108. The van der Waals surface area contributed by atoms with Gasteiger partial charge in [0.2, 0.25) is 5.88 Å². The third kappa shape index (κ3) is 3.05. The molecule has 0 amide bonds. The van der Waals surface area contributed by atoms with Gasteiger partial charge in [0.15, 0.2) is 5.75 Å². The molecule has 2 aromatic heterocycles. The molecule has 0 fully saturated rings. The van der Waals surface area contributed by atoms with Crippen molar-refractivity contribution in [2.24, 2.45) is 0 Å². The second-order valence-electron chi connectivity index (χ2n) is 5.46. The van der Waals surface area contributed by atoms with Crippen molar-refractivity contribution in [1.82, 2.24) is 14.1 Å². The number of nitrogens with zero attached hydrogens (tertiary/aromatic N) is 3. The molecule has 0 atom stereocenters. The highest BCUT2D eigenvalue weighted by Gasteiger charge is 2.20. The summed E-state index contributed by atoms with van der Waals surface area (Å²) in [7, 11) is 0. The summed E-state index contributed by atoms with van der Waals surface area (Å²) in [4.78, 5) is 4.01. The normalized spacial score (nSPS) is 11.0. The maximum absolute atomic E-state index is 10.2. The fourth-order valence-electron chi connectivity index (χ4n) is 2.77. The summed E-state index contributed by atoms with van der Waals surface area (Å²) in [6.07, 6.45) is 6.19. The van der Waals surface area contributed by atoms with Crippen LogP contribution < -0.4 is 0 Å². The molecule has 120 valence electrons. The number of imidazole rings is 1. The molecule has 0 saturated carbocycles. The zero-order valence-electron chi connectivity index (χ0n) is 12.8. The van der Waals surface area contributed by atoms with Crippen LogP contribution in [0.15, 0.2) is 43.0 Å². The number of aromatic nitrogens is 3. The van der Waals surface area contributed by atoms with E-state index in [1.165, 1.54) is 0 Å². The molecule has 3 aromatic rings. The van der Waals surface area contributed by atoms with Gasteiger partial charge in [-0.1, -0.05) is 23.7 Å². The molecule has 23 heavy (non-hydrogen) atoms. The maximum atomic E-state index is 10.2. The van der Waals surface area contributed by atoms with Crippen molar-refractivity contribution < 1.29 is 10.2 Å². The molecular weight excluding hydrogens is 314 g/mol. The van der Waals surface area contributed by atoms with E-state index in [4.69, 9.17) is 11.6 Å². The molecule has 2 N–H and O–H groups in total. The van der Waals surface area contributed by atoms with Gasteiger partial charge in [-0.3, -0.25) is 0 Å². The van der Waals surface area contributed by atoms with Crippen molar-refractivity contribution in [3.05, 3.63) is 53.6 Å². The van der Waals surface area contributed by atoms with E-state index in [-0.39, 0.29) is 11.6 Å². The average Bonchev–Trinajstić information content (AvgIpc) is 3.11. The lowest BCUT2D eigenvalue weighted by Gasteiger charge is -2.12. The van der Waals surface area contributed by atoms with Gasteiger partial charge in [-0.05, 0) is 25.5 Å². The molecule has 0 radical (unpaired) electrons. The van der Waals surface area contributed by atoms with Gasteiger partial charge in [-0.2, -0.15) is 0 Å². The summed E-state index contributed by atoms with van der Waals surface area (Å²) in [5.41, 5.74) is 2.30. The monoisotopic (exact) mass is 331 g/mol. The zero-order valence-corrected chi connectivity index (χ0v) is 13.5. The largest absolute Gasteiger partial charge is 0.503 e. The van der Waals surface area contributed by atoms with E-state index in [0.717, 1.165) is 24.2 Å². The SMILES string of the molecule is Cc1c(O)c(O)n(CCCn2ccnc2)c1-c1cccc(Cl)c1. The van der Waals surface area contributed by atoms with E-state index in [1.807, 2.05) is 29.0 Å². The fraction of sp³-hybridized carbons (Fsp3) is 0.235. The highest BCUT2D eigenvalue weighted by Crippen LogP contribution is 2.40. The average molecular weight is 332 g/mol. The smallest absolute Gasteiger partial charge is 0.235 e. The molecule has 0 aliphatic rings. The number of aryl methyl sites for hydroxylation is 1. The summed E-state index contributed by atoms with van der Waals surface area (Å²) in [5.74, 6) is -0.189. The van der Waals surface area contributed by atoms with Gasteiger partial charge in [-0.25, -0.2) is 4.98 Å². The number of aromatic hydroxyl groups is 2. The molecule has 3 rings (SSSR count).